The van der Waals surface area contributed by atoms with E-state index in [0.29, 0.717) is 0 Å². The van der Waals surface area contributed by atoms with Crippen molar-refractivity contribution in [2.75, 3.05) is 13.1 Å². The molecule has 1 atom stereocenters. The number of nitrogens with two attached hydrogens (primary N) is 1. The predicted octanol–water partition coefficient (Wildman–Crippen LogP) is 4.29. The summed E-state index contributed by atoms with van der Waals surface area (Å²) in [7, 11) is 0. The lowest BCUT2D eigenvalue weighted by atomic mass is 10.0. The van der Waals surface area contributed by atoms with Crippen LogP contribution in [-0.2, 0) is 4.79 Å². The van der Waals surface area contributed by atoms with Crippen molar-refractivity contribution < 1.29 is 9.90 Å². The molecule has 1 unspecified atom stereocenters. The van der Waals surface area contributed by atoms with Gasteiger partial charge >= 0.3 is 0 Å². The minimum atomic E-state index is -0.114. The van der Waals surface area contributed by atoms with E-state index in [1.807, 2.05) is 0 Å². The molecule has 1 amide bonds. The Labute approximate surface area is 150 Å². The van der Waals surface area contributed by atoms with Crippen LogP contribution in [-0.4, -0.2) is 30.2 Å². The number of carbonyl (C=O) groups is 1. The molecule has 4 heteroatoms. The lowest BCUT2D eigenvalue weighted by molar-refractivity contribution is -0.118. The first-order valence-electron chi connectivity index (χ1n) is 10.3. The summed E-state index contributed by atoms with van der Waals surface area (Å²) >= 11 is 0. The minimum Gasteiger partial charge on any atom is -0.393 e. The number of amides is 1. The Bertz CT molecular complexity index is 272. The summed E-state index contributed by atoms with van der Waals surface area (Å²) < 4.78 is 0. The lowest BCUT2D eigenvalue weighted by Crippen LogP contribution is -2.20. The number of hydrogen-bond acceptors (Lipinski definition) is 3. The van der Waals surface area contributed by atoms with E-state index in [0.717, 1.165) is 58.0 Å². The van der Waals surface area contributed by atoms with Crippen LogP contribution in [0.1, 0.15) is 103 Å². The molecule has 0 saturated carbocycles. The van der Waals surface area contributed by atoms with E-state index in [1.54, 1.807) is 6.92 Å². The van der Waals surface area contributed by atoms with Crippen LogP contribution in [0.2, 0.25) is 0 Å². The van der Waals surface area contributed by atoms with Crippen LogP contribution in [0.25, 0.3) is 0 Å². The highest BCUT2D eigenvalue weighted by Crippen LogP contribution is 2.14. The van der Waals surface area contributed by atoms with Gasteiger partial charge in [0, 0.05) is 13.5 Å². The maximum Gasteiger partial charge on any atom is 0.216 e. The number of aliphatic hydroxyl groups is 1. The average Bonchev–Trinajstić information content (AvgIpc) is 2.55. The van der Waals surface area contributed by atoms with Gasteiger partial charge in [-0.25, -0.2) is 0 Å². The molecule has 0 aliphatic carbocycles. The quantitative estimate of drug-likeness (QED) is 0.325. The van der Waals surface area contributed by atoms with Crippen LogP contribution in [0.4, 0.5) is 0 Å². The molecule has 0 aromatic rings. The summed E-state index contributed by atoms with van der Waals surface area (Å²) in [6, 6.07) is 0. The van der Waals surface area contributed by atoms with E-state index in [9.17, 15) is 9.90 Å². The molecule has 0 aliphatic heterocycles. The molecule has 0 bridgehead atoms. The van der Waals surface area contributed by atoms with E-state index in [1.165, 1.54) is 51.4 Å². The fourth-order valence-electron chi connectivity index (χ4n) is 3.03. The van der Waals surface area contributed by atoms with E-state index < -0.39 is 0 Å². The summed E-state index contributed by atoms with van der Waals surface area (Å²) in [5, 5.41) is 12.8. The van der Waals surface area contributed by atoms with Crippen LogP contribution in [0.15, 0.2) is 0 Å². The molecular formula is C20H42N2O2. The molecule has 24 heavy (non-hydrogen) atoms. The van der Waals surface area contributed by atoms with E-state index in [2.05, 4.69) is 5.32 Å². The number of unbranched alkanes of at least 4 members (excludes halogenated alkanes) is 11. The number of nitrogens with one attached hydrogen (secondary N) is 1. The van der Waals surface area contributed by atoms with Crippen molar-refractivity contribution in [3.8, 4) is 0 Å². The Morgan fingerprint density at radius 2 is 1.21 bits per heavy atom. The Morgan fingerprint density at radius 3 is 1.67 bits per heavy atom. The fourth-order valence-corrected chi connectivity index (χ4v) is 3.03. The van der Waals surface area contributed by atoms with Gasteiger partial charge in [-0.3, -0.25) is 4.79 Å². The second kappa shape index (κ2) is 18.7. The fraction of sp³-hybridized carbons (Fsp3) is 0.950. The van der Waals surface area contributed by atoms with E-state index in [-0.39, 0.29) is 12.0 Å². The van der Waals surface area contributed by atoms with Gasteiger partial charge in [0.1, 0.15) is 0 Å². The van der Waals surface area contributed by atoms with Crippen LogP contribution in [0, 0.1) is 0 Å². The van der Waals surface area contributed by atoms with Gasteiger partial charge in [0.25, 0.3) is 0 Å². The average molecular weight is 343 g/mol. The predicted molar refractivity (Wildman–Crippen MR) is 103 cm³/mol. The van der Waals surface area contributed by atoms with Crippen molar-refractivity contribution in [1.82, 2.24) is 5.32 Å². The second-order valence-corrected chi connectivity index (χ2v) is 7.10. The molecule has 0 aromatic carbocycles. The first-order valence-corrected chi connectivity index (χ1v) is 10.3. The van der Waals surface area contributed by atoms with Gasteiger partial charge in [-0.2, -0.15) is 0 Å². The number of aliphatic hydroxyl groups excluding tert-OH is 1. The lowest BCUT2D eigenvalue weighted by Gasteiger charge is -2.10. The zero-order valence-corrected chi connectivity index (χ0v) is 16.0. The molecule has 4 N–H and O–H groups in total. The standard InChI is InChI=1S/C20H42N2O2/c1-19(23)22-18-14-10-8-12-16-20(24)15-11-7-5-3-2-4-6-9-13-17-21/h20,24H,2-18,21H2,1H3,(H,22,23). The van der Waals surface area contributed by atoms with Crippen molar-refractivity contribution in [2.45, 2.75) is 109 Å². The molecule has 0 spiro atoms. The van der Waals surface area contributed by atoms with Crippen LogP contribution >= 0.6 is 0 Å². The third kappa shape index (κ3) is 19.4. The highest BCUT2D eigenvalue weighted by atomic mass is 16.3. The van der Waals surface area contributed by atoms with Crippen molar-refractivity contribution >= 4 is 5.91 Å². The Hall–Kier alpha value is -0.610. The molecule has 4 nitrogen and oxygen atoms in total. The number of carbonyl (C=O) groups excluding carboxylic acids is 1. The highest BCUT2D eigenvalue weighted by Gasteiger charge is 2.03. The summed E-state index contributed by atoms with van der Waals surface area (Å²) in [5.41, 5.74) is 5.48. The Balaban J connectivity index is 3.15. The molecule has 0 aromatic heterocycles. The summed E-state index contributed by atoms with van der Waals surface area (Å²) in [4.78, 5) is 10.7. The normalized spacial score (nSPS) is 12.3. The topological polar surface area (TPSA) is 75.3 Å². The Morgan fingerprint density at radius 1 is 0.792 bits per heavy atom. The van der Waals surface area contributed by atoms with Crippen molar-refractivity contribution in [3.63, 3.8) is 0 Å². The molecular weight excluding hydrogens is 300 g/mol. The van der Waals surface area contributed by atoms with Crippen molar-refractivity contribution in [3.05, 3.63) is 0 Å². The number of rotatable bonds is 18. The molecule has 0 saturated heterocycles. The largest absolute Gasteiger partial charge is 0.393 e. The van der Waals surface area contributed by atoms with Crippen molar-refractivity contribution in [1.29, 1.82) is 0 Å². The molecule has 0 heterocycles. The highest BCUT2D eigenvalue weighted by molar-refractivity contribution is 5.72. The van der Waals surface area contributed by atoms with E-state index in [4.69, 9.17) is 5.73 Å². The SMILES string of the molecule is CC(=O)NCCCCCCC(O)CCCCCCCCCCCN. The van der Waals surface area contributed by atoms with Gasteiger partial charge < -0.3 is 16.2 Å². The molecule has 0 fully saturated rings. The van der Waals surface area contributed by atoms with Gasteiger partial charge in [-0.1, -0.05) is 70.6 Å². The first-order chi connectivity index (χ1) is 11.7. The smallest absolute Gasteiger partial charge is 0.216 e. The third-order valence-corrected chi connectivity index (χ3v) is 4.58. The summed E-state index contributed by atoms with van der Waals surface area (Å²) in [5.74, 6) is 0.0528. The maximum absolute atomic E-state index is 10.7. The third-order valence-electron chi connectivity index (χ3n) is 4.58. The van der Waals surface area contributed by atoms with E-state index >= 15 is 0 Å². The van der Waals surface area contributed by atoms with Crippen molar-refractivity contribution in [2.24, 2.45) is 5.73 Å². The zero-order chi connectivity index (χ0) is 17.9. The zero-order valence-electron chi connectivity index (χ0n) is 16.0. The van der Waals surface area contributed by atoms with Crippen LogP contribution in [0.3, 0.4) is 0 Å². The van der Waals surface area contributed by atoms with Gasteiger partial charge in [0.15, 0.2) is 0 Å². The molecule has 144 valence electrons. The van der Waals surface area contributed by atoms with Gasteiger partial charge in [-0.05, 0) is 32.2 Å². The molecule has 0 aliphatic rings. The Kier molecular flexibility index (Phi) is 18.2. The summed E-state index contributed by atoms with van der Waals surface area (Å²) in [6.45, 7) is 3.17. The van der Waals surface area contributed by atoms with Gasteiger partial charge in [-0.15, -0.1) is 0 Å². The second-order valence-electron chi connectivity index (χ2n) is 7.10. The summed E-state index contributed by atoms with van der Waals surface area (Å²) in [6.07, 6.45) is 17.8. The molecule has 0 radical (unpaired) electrons. The molecule has 0 rings (SSSR count). The maximum atomic E-state index is 10.7. The van der Waals surface area contributed by atoms with Gasteiger partial charge in [0.05, 0.1) is 6.10 Å². The minimum absolute atomic E-state index is 0.0528. The first kappa shape index (κ1) is 23.4. The van der Waals surface area contributed by atoms with Crippen LogP contribution in [0.5, 0.6) is 0 Å². The monoisotopic (exact) mass is 342 g/mol. The number of hydrogen-bond donors (Lipinski definition) is 3. The van der Waals surface area contributed by atoms with Gasteiger partial charge in [0.2, 0.25) is 5.91 Å². The van der Waals surface area contributed by atoms with Crippen LogP contribution < -0.4 is 11.1 Å².